The highest BCUT2D eigenvalue weighted by molar-refractivity contribution is 5.49. The van der Waals surface area contributed by atoms with Gasteiger partial charge in [-0.3, -0.25) is 0 Å². The lowest BCUT2D eigenvalue weighted by Crippen LogP contribution is -2.23. The normalized spacial score (nSPS) is 10.7. The van der Waals surface area contributed by atoms with Crippen LogP contribution in [0.3, 0.4) is 0 Å². The van der Waals surface area contributed by atoms with Crippen molar-refractivity contribution < 1.29 is 14.2 Å². The molecule has 4 rings (SSSR count). The maximum Gasteiger partial charge on any atom is 0.368 e. The maximum absolute atomic E-state index is 12.3. The molecule has 31 heavy (non-hydrogen) atoms. The first-order valence-corrected chi connectivity index (χ1v) is 9.68. The number of nitrogens with zero attached hydrogens (tertiary/aromatic N) is 4. The Balaban J connectivity index is 1.58. The molecule has 0 aliphatic heterocycles. The van der Waals surface area contributed by atoms with Crippen LogP contribution in [-0.4, -0.2) is 26.9 Å². The van der Waals surface area contributed by atoms with Crippen LogP contribution in [0.4, 0.5) is 0 Å². The molecule has 0 amide bonds. The van der Waals surface area contributed by atoms with Gasteiger partial charge in [-0.25, -0.2) is 4.79 Å². The number of ether oxygens (including phenoxy) is 3. The molecule has 0 aliphatic rings. The van der Waals surface area contributed by atoms with Gasteiger partial charge in [0.25, 0.3) is 0 Å². The van der Waals surface area contributed by atoms with E-state index in [0.29, 0.717) is 22.7 Å². The topological polar surface area (TPSA) is 80.4 Å². The summed E-state index contributed by atoms with van der Waals surface area (Å²) in [6.07, 6.45) is 0. The smallest absolute Gasteiger partial charge is 0.368 e. The van der Waals surface area contributed by atoms with Gasteiger partial charge >= 0.3 is 5.69 Å². The molecule has 0 atom stereocenters. The second-order valence-corrected chi connectivity index (χ2v) is 6.89. The van der Waals surface area contributed by atoms with Gasteiger partial charge in [0.15, 0.2) is 0 Å². The van der Waals surface area contributed by atoms with E-state index in [1.165, 1.54) is 9.36 Å². The van der Waals surface area contributed by atoms with Crippen molar-refractivity contribution in [3.8, 4) is 28.7 Å². The number of aryl methyl sites for hydroxylation is 2. The summed E-state index contributed by atoms with van der Waals surface area (Å²) in [7, 11) is 3.12. The molecular formula is C23H22N4O4. The van der Waals surface area contributed by atoms with Crippen molar-refractivity contribution in [2.75, 3.05) is 7.11 Å². The summed E-state index contributed by atoms with van der Waals surface area (Å²) in [5.74, 6) is 2.78. The lowest BCUT2D eigenvalue weighted by atomic mass is 10.1. The van der Waals surface area contributed by atoms with Gasteiger partial charge < -0.3 is 14.2 Å². The summed E-state index contributed by atoms with van der Waals surface area (Å²) in [6, 6.07) is 20.6. The second-order valence-electron chi connectivity index (χ2n) is 6.89. The Morgan fingerprint density at radius 1 is 0.903 bits per heavy atom. The Morgan fingerprint density at radius 3 is 2.39 bits per heavy atom. The van der Waals surface area contributed by atoms with Gasteiger partial charge in [-0.15, -0.1) is 0 Å². The highest BCUT2D eigenvalue weighted by atomic mass is 16.5. The Hall–Kier alpha value is -4.07. The van der Waals surface area contributed by atoms with Crippen LogP contribution in [0, 0.1) is 6.92 Å². The molecule has 8 nitrogen and oxygen atoms in total. The molecule has 1 aromatic heterocycles. The van der Waals surface area contributed by atoms with Gasteiger partial charge in [-0.05, 0) is 65.4 Å². The molecule has 158 valence electrons. The summed E-state index contributed by atoms with van der Waals surface area (Å²) in [4.78, 5) is 12.3. The van der Waals surface area contributed by atoms with E-state index in [9.17, 15) is 4.79 Å². The lowest BCUT2D eigenvalue weighted by molar-refractivity contribution is 0.293. The number of tetrazole rings is 1. The van der Waals surface area contributed by atoms with E-state index in [1.54, 1.807) is 26.3 Å². The molecule has 0 saturated heterocycles. The molecule has 3 aromatic carbocycles. The molecule has 0 bridgehead atoms. The number of benzene rings is 3. The van der Waals surface area contributed by atoms with Gasteiger partial charge in [0.1, 0.15) is 29.6 Å². The van der Waals surface area contributed by atoms with Gasteiger partial charge in [-0.2, -0.15) is 9.36 Å². The van der Waals surface area contributed by atoms with E-state index in [1.807, 2.05) is 61.5 Å². The zero-order chi connectivity index (χ0) is 21.8. The van der Waals surface area contributed by atoms with Crippen LogP contribution in [0.2, 0.25) is 0 Å². The number of hydrogen-bond donors (Lipinski definition) is 0. The highest BCUT2D eigenvalue weighted by Crippen LogP contribution is 2.30. The van der Waals surface area contributed by atoms with E-state index in [-0.39, 0.29) is 12.3 Å². The van der Waals surface area contributed by atoms with Crippen LogP contribution in [0.15, 0.2) is 71.5 Å². The fourth-order valence-corrected chi connectivity index (χ4v) is 3.18. The SMILES string of the molecule is COc1cccc(-n2nnn(C)c2=O)c1COc1ccc(Oc2ccccc2)cc1C. The Kier molecular flexibility index (Phi) is 5.70. The third-order valence-corrected chi connectivity index (χ3v) is 4.78. The number of hydrogen-bond acceptors (Lipinski definition) is 6. The van der Waals surface area contributed by atoms with Crippen molar-refractivity contribution >= 4 is 0 Å². The molecule has 1 heterocycles. The largest absolute Gasteiger partial charge is 0.496 e. The van der Waals surface area contributed by atoms with Gasteiger partial charge in [0.05, 0.1) is 18.4 Å². The molecule has 0 aliphatic carbocycles. The van der Waals surface area contributed by atoms with Gasteiger partial charge in [0, 0.05) is 7.05 Å². The predicted octanol–water partition coefficient (Wildman–Crippen LogP) is 3.65. The van der Waals surface area contributed by atoms with Crippen LogP contribution in [-0.2, 0) is 13.7 Å². The molecule has 0 saturated carbocycles. The fourth-order valence-electron chi connectivity index (χ4n) is 3.18. The van der Waals surface area contributed by atoms with Crippen LogP contribution in [0.25, 0.3) is 5.69 Å². The van der Waals surface area contributed by atoms with Crippen LogP contribution in [0.1, 0.15) is 11.1 Å². The van der Waals surface area contributed by atoms with Crippen LogP contribution in [0.5, 0.6) is 23.0 Å². The molecule has 0 radical (unpaired) electrons. The standard InChI is InChI=1S/C23H22N4O4/c1-16-14-18(31-17-8-5-4-6-9-17)12-13-21(16)30-15-19-20(10-7-11-22(19)29-3)27-23(28)26(2)24-25-27/h4-14H,15H2,1-3H3. The van der Waals surface area contributed by atoms with E-state index in [4.69, 9.17) is 14.2 Å². The molecule has 0 unspecified atom stereocenters. The first kappa shape index (κ1) is 20.2. The maximum atomic E-state index is 12.3. The third kappa shape index (κ3) is 4.28. The van der Waals surface area contributed by atoms with Gasteiger partial charge in [-0.1, -0.05) is 24.3 Å². The van der Waals surface area contributed by atoms with Crippen LogP contribution >= 0.6 is 0 Å². The predicted molar refractivity (Wildman–Crippen MR) is 115 cm³/mol. The Morgan fingerprint density at radius 2 is 1.71 bits per heavy atom. The van der Waals surface area contributed by atoms with Crippen molar-refractivity contribution in [2.24, 2.45) is 7.05 Å². The van der Waals surface area contributed by atoms with Crippen molar-refractivity contribution in [1.82, 2.24) is 19.8 Å². The van der Waals surface area contributed by atoms with E-state index in [2.05, 4.69) is 10.4 Å². The highest BCUT2D eigenvalue weighted by Gasteiger charge is 2.16. The van der Waals surface area contributed by atoms with Crippen molar-refractivity contribution in [2.45, 2.75) is 13.5 Å². The minimum Gasteiger partial charge on any atom is -0.496 e. The number of aromatic nitrogens is 4. The van der Waals surface area contributed by atoms with Crippen LogP contribution < -0.4 is 19.9 Å². The quantitative estimate of drug-likeness (QED) is 0.456. The number of methoxy groups -OCH3 is 1. The number of para-hydroxylation sites is 1. The van der Waals surface area contributed by atoms with E-state index in [0.717, 1.165) is 17.1 Å². The first-order valence-electron chi connectivity index (χ1n) is 9.68. The Labute approximate surface area is 179 Å². The summed E-state index contributed by atoms with van der Waals surface area (Å²) in [5, 5.41) is 7.72. The molecule has 0 spiro atoms. The monoisotopic (exact) mass is 418 g/mol. The molecule has 4 aromatic rings. The third-order valence-electron chi connectivity index (χ3n) is 4.78. The average Bonchev–Trinajstić information content (AvgIpc) is 3.12. The molecule has 8 heteroatoms. The van der Waals surface area contributed by atoms with Gasteiger partial charge in [0.2, 0.25) is 0 Å². The van der Waals surface area contributed by atoms with Crippen molar-refractivity contribution in [3.63, 3.8) is 0 Å². The lowest BCUT2D eigenvalue weighted by Gasteiger charge is -2.15. The molecule has 0 N–H and O–H groups in total. The zero-order valence-corrected chi connectivity index (χ0v) is 17.5. The summed E-state index contributed by atoms with van der Waals surface area (Å²) in [5.41, 5.74) is 1.81. The first-order chi connectivity index (χ1) is 15.1. The van der Waals surface area contributed by atoms with Crippen molar-refractivity contribution in [1.29, 1.82) is 0 Å². The second kappa shape index (κ2) is 8.74. The van der Waals surface area contributed by atoms with Crippen molar-refractivity contribution in [3.05, 3.63) is 88.3 Å². The van der Waals surface area contributed by atoms with E-state index < -0.39 is 0 Å². The van der Waals surface area contributed by atoms with E-state index >= 15 is 0 Å². The zero-order valence-electron chi connectivity index (χ0n) is 17.5. The summed E-state index contributed by atoms with van der Waals surface area (Å²) < 4.78 is 19.8. The Bertz CT molecular complexity index is 1250. The summed E-state index contributed by atoms with van der Waals surface area (Å²) in [6.45, 7) is 2.13. The molecule has 0 fully saturated rings. The number of rotatable bonds is 7. The minimum absolute atomic E-state index is 0.183. The molecular weight excluding hydrogens is 396 g/mol. The minimum atomic E-state index is -0.354. The summed E-state index contributed by atoms with van der Waals surface area (Å²) >= 11 is 0. The fraction of sp³-hybridized carbons (Fsp3) is 0.174. The average molecular weight is 418 g/mol.